The third-order valence-electron chi connectivity index (χ3n) is 21.1. The molecule has 7 aliphatic rings. The first-order valence-electron chi connectivity index (χ1n) is 27.8. The fraction of sp³-hybridized carbons (Fsp3) is 0.945. The molecular formula is C55H78F18O9. The third-order valence-corrected chi connectivity index (χ3v) is 21.1. The molecule has 18 atom stereocenters. The first-order valence-corrected chi connectivity index (χ1v) is 27.8. The van der Waals surface area contributed by atoms with Crippen LogP contribution in [0.4, 0.5) is 79.0 Å². The van der Waals surface area contributed by atoms with Gasteiger partial charge in [-0.2, -0.15) is 79.0 Å². The van der Waals surface area contributed by atoms with Crippen LogP contribution in [0.2, 0.25) is 0 Å². The number of carbonyl (C=O) groups is 3. The number of aliphatic hydroxyl groups is 3. The van der Waals surface area contributed by atoms with Crippen LogP contribution in [0.5, 0.6) is 0 Å². The number of ether oxygens (including phenoxy) is 3. The summed E-state index contributed by atoms with van der Waals surface area (Å²) < 4.78 is 253. The molecule has 0 saturated heterocycles. The molecule has 0 radical (unpaired) electrons. The first kappa shape index (κ1) is 69.8. The Hall–Kier alpha value is -2.97. The highest BCUT2D eigenvalue weighted by Crippen LogP contribution is 2.64. The van der Waals surface area contributed by atoms with E-state index in [9.17, 15) is 109 Å². The molecule has 9 nitrogen and oxygen atoms in total. The quantitative estimate of drug-likeness (QED) is 0.105. The molecule has 3 N–H and O–H groups in total. The van der Waals surface area contributed by atoms with Crippen molar-refractivity contribution in [2.45, 2.75) is 226 Å². The molecule has 0 amide bonds. The summed E-state index contributed by atoms with van der Waals surface area (Å²) in [6.45, 7) is 19.7. The van der Waals surface area contributed by atoms with Crippen LogP contribution in [-0.4, -0.2) is 105 Å². The minimum absolute atomic E-state index is 0.0443. The average Bonchev–Trinajstić information content (AvgIpc) is 4.34. The average molecular weight is 1230 g/mol. The molecule has 478 valence electrons. The van der Waals surface area contributed by atoms with E-state index in [4.69, 9.17) is 9.47 Å². The van der Waals surface area contributed by atoms with Gasteiger partial charge in [0.1, 0.15) is 12.2 Å². The van der Waals surface area contributed by atoms with Gasteiger partial charge in [0, 0.05) is 0 Å². The molecular weight excluding hydrogens is 1150 g/mol. The van der Waals surface area contributed by atoms with Crippen molar-refractivity contribution in [3.63, 3.8) is 0 Å². The van der Waals surface area contributed by atoms with Gasteiger partial charge in [0.2, 0.25) is 0 Å². The number of rotatable bonds is 11. The van der Waals surface area contributed by atoms with Gasteiger partial charge in [-0.15, -0.1) is 0 Å². The SMILES string of the molecule is CC1C2CC(C(=O)OC(CC(C)(C)C)C(O)(C(F)(F)F)C(F)(F)F)C(C2)C1C.CC1C2CC(C1C)C(C)(C(=O)OC(C)C(O)(C(F)(F)F)C(F)(F)F)C2.CC1C2CC(C1C)C(C)(C(=O)OC(C1CCCC1)C(O)(C(F)(F)F)C(F)(F)F)C2. The zero-order valence-electron chi connectivity index (χ0n) is 47.7. The lowest BCUT2D eigenvalue weighted by Gasteiger charge is -2.44. The molecule has 27 heteroatoms. The summed E-state index contributed by atoms with van der Waals surface area (Å²) >= 11 is 0. The van der Waals surface area contributed by atoms with Crippen LogP contribution in [-0.2, 0) is 28.6 Å². The monoisotopic (exact) mass is 1220 g/mol. The van der Waals surface area contributed by atoms with Gasteiger partial charge in [0.05, 0.1) is 16.7 Å². The van der Waals surface area contributed by atoms with E-state index >= 15 is 0 Å². The maximum absolute atomic E-state index is 13.5. The fourth-order valence-corrected chi connectivity index (χ4v) is 15.5. The highest BCUT2D eigenvalue weighted by Gasteiger charge is 2.79. The maximum atomic E-state index is 13.5. The molecule has 7 aliphatic carbocycles. The highest BCUT2D eigenvalue weighted by atomic mass is 19.4. The predicted molar refractivity (Wildman–Crippen MR) is 256 cm³/mol. The summed E-state index contributed by atoms with van der Waals surface area (Å²) in [4.78, 5) is 38.1. The van der Waals surface area contributed by atoms with Crippen molar-refractivity contribution >= 4 is 17.9 Å². The lowest BCUT2D eigenvalue weighted by molar-refractivity contribution is -0.396. The van der Waals surface area contributed by atoms with E-state index in [1.165, 1.54) is 27.7 Å². The Morgan fingerprint density at radius 3 is 1.17 bits per heavy atom. The van der Waals surface area contributed by atoms with E-state index in [0.29, 0.717) is 69.6 Å². The van der Waals surface area contributed by atoms with E-state index in [2.05, 4.69) is 4.74 Å². The van der Waals surface area contributed by atoms with Gasteiger partial charge < -0.3 is 29.5 Å². The second kappa shape index (κ2) is 22.6. The zero-order chi connectivity index (χ0) is 63.4. The van der Waals surface area contributed by atoms with Gasteiger partial charge in [-0.3, -0.25) is 14.4 Å². The fourth-order valence-electron chi connectivity index (χ4n) is 15.5. The Balaban J connectivity index is 0.000000226. The summed E-state index contributed by atoms with van der Waals surface area (Å²) in [5.41, 5.74) is -18.6. The Bertz CT molecular complexity index is 2220. The topological polar surface area (TPSA) is 140 Å². The number of hydrogen-bond acceptors (Lipinski definition) is 9. The van der Waals surface area contributed by atoms with E-state index < -0.39 is 125 Å². The van der Waals surface area contributed by atoms with Gasteiger partial charge >= 0.3 is 55.0 Å². The summed E-state index contributed by atoms with van der Waals surface area (Å²) in [7, 11) is 0. The number of halogens is 18. The van der Waals surface area contributed by atoms with Crippen LogP contribution in [0.25, 0.3) is 0 Å². The van der Waals surface area contributed by atoms with E-state index in [0.717, 1.165) is 6.42 Å². The standard InChI is InChI=1S/C20H28F6O3.C19H28F6O3.C16H22F6O3/c1-10-11(2)14-8-13(10)9-17(14,3)16(27)29-15(12-6-4-5-7-12)18(28,19(21,22)23)20(24,25)26;1-9-10(2)12-6-11(9)7-13(12)15(26)28-14(8-16(3,4)5)17(27,18(20,21)22)19(23,24)25;1-7-8(2)11-5-10(7)6-13(11,4)12(23)25-9(3)14(24,15(17,18)19)16(20,21)22/h10-15,28H,4-9H2,1-3H3;9-14,27H,6-8H2,1-5H3;7-11,24H,5-6H2,1-4H3. The van der Waals surface area contributed by atoms with Crippen LogP contribution < -0.4 is 0 Å². The smallest absolute Gasteiger partial charge is 0.430 e. The van der Waals surface area contributed by atoms with Crippen molar-refractivity contribution in [1.82, 2.24) is 0 Å². The lowest BCUT2D eigenvalue weighted by Crippen LogP contribution is -2.67. The number of esters is 3. The number of alkyl halides is 18. The molecule has 7 fully saturated rings. The Kier molecular flexibility index (Phi) is 19.3. The highest BCUT2D eigenvalue weighted by molar-refractivity contribution is 5.78. The normalized spacial score (nSPS) is 35.6. The van der Waals surface area contributed by atoms with Crippen molar-refractivity contribution in [2.24, 2.45) is 99.1 Å². The van der Waals surface area contributed by atoms with Crippen LogP contribution in [0.1, 0.15) is 154 Å². The molecule has 0 aromatic heterocycles. The van der Waals surface area contributed by atoms with Crippen molar-refractivity contribution in [3.8, 4) is 0 Å². The van der Waals surface area contributed by atoms with Crippen LogP contribution >= 0.6 is 0 Å². The molecule has 0 aromatic carbocycles. The molecule has 0 heterocycles. The molecule has 7 rings (SSSR count). The predicted octanol–water partition coefficient (Wildman–Crippen LogP) is 14.5. The number of carbonyl (C=O) groups excluding carboxylic acids is 3. The summed E-state index contributed by atoms with van der Waals surface area (Å²) in [6.07, 6.45) is -41.0. The second-order valence-electron chi connectivity index (χ2n) is 27.0. The Morgan fingerprint density at radius 1 is 0.488 bits per heavy atom. The van der Waals surface area contributed by atoms with Gasteiger partial charge in [-0.1, -0.05) is 75.2 Å². The molecule has 18 unspecified atom stereocenters. The summed E-state index contributed by atoms with van der Waals surface area (Å²) in [5, 5.41) is 29.1. The first-order chi connectivity index (χ1) is 36.6. The molecule has 0 aromatic rings. The van der Waals surface area contributed by atoms with Crippen molar-refractivity contribution in [1.29, 1.82) is 0 Å². The largest absolute Gasteiger partial charge is 0.458 e. The van der Waals surface area contributed by atoms with Gasteiger partial charge in [0.25, 0.3) is 16.8 Å². The molecule has 0 spiro atoms. The second-order valence-corrected chi connectivity index (χ2v) is 27.0. The van der Waals surface area contributed by atoms with Gasteiger partial charge in [0.15, 0.2) is 6.10 Å². The van der Waals surface area contributed by atoms with Gasteiger partial charge in [-0.05, 0) is 161 Å². The minimum Gasteiger partial charge on any atom is -0.458 e. The number of fused-ring (bicyclic) bond motifs is 6. The lowest BCUT2D eigenvalue weighted by atomic mass is 9.66. The van der Waals surface area contributed by atoms with E-state index in [-0.39, 0.29) is 66.1 Å². The summed E-state index contributed by atoms with van der Waals surface area (Å²) in [6, 6.07) is 0. The maximum Gasteiger partial charge on any atom is 0.430 e. The summed E-state index contributed by atoms with van der Waals surface area (Å²) in [5.74, 6) is -3.57. The van der Waals surface area contributed by atoms with Crippen LogP contribution in [0, 0.1) is 99.1 Å². The molecule has 6 bridgehead atoms. The molecule has 7 saturated carbocycles. The Labute approximate surface area is 465 Å². The van der Waals surface area contributed by atoms with E-state index in [1.54, 1.807) is 6.92 Å². The minimum atomic E-state index is -6.04. The van der Waals surface area contributed by atoms with E-state index in [1.807, 2.05) is 41.5 Å². The molecule has 0 aliphatic heterocycles. The van der Waals surface area contributed by atoms with Crippen LogP contribution in [0.3, 0.4) is 0 Å². The molecule has 82 heavy (non-hydrogen) atoms. The zero-order valence-corrected chi connectivity index (χ0v) is 47.7. The number of hydrogen-bond donors (Lipinski definition) is 3. The van der Waals surface area contributed by atoms with Crippen molar-refractivity contribution in [3.05, 3.63) is 0 Å². The van der Waals surface area contributed by atoms with Crippen LogP contribution in [0.15, 0.2) is 0 Å². The van der Waals surface area contributed by atoms with Crippen molar-refractivity contribution < 1.29 is 123 Å². The van der Waals surface area contributed by atoms with Crippen molar-refractivity contribution in [2.75, 3.05) is 0 Å². The third kappa shape index (κ3) is 12.2. The van der Waals surface area contributed by atoms with Gasteiger partial charge in [-0.25, -0.2) is 0 Å². The Morgan fingerprint density at radius 2 is 0.854 bits per heavy atom.